The van der Waals surface area contributed by atoms with Crippen molar-refractivity contribution in [2.45, 2.75) is 79.6 Å². The molecule has 239 valence electrons. The number of ketones is 1. The summed E-state index contributed by atoms with van der Waals surface area (Å²) in [5.41, 5.74) is 4.60. The normalized spacial score (nSPS) is 11.9. The Morgan fingerprint density at radius 2 is 1.53 bits per heavy atom. The third kappa shape index (κ3) is 9.00. The van der Waals surface area contributed by atoms with E-state index in [1.165, 1.54) is 37.6 Å². The van der Waals surface area contributed by atoms with Crippen LogP contribution in [0.2, 0.25) is 0 Å². The molecule has 0 atom stereocenters. The van der Waals surface area contributed by atoms with E-state index in [0.29, 0.717) is 0 Å². The second-order valence-corrected chi connectivity index (χ2v) is 13.6. The predicted molar refractivity (Wildman–Crippen MR) is 189 cm³/mol. The van der Waals surface area contributed by atoms with Crippen molar-refractivity contribution < 1.29 is 30.0 Å². The van der Waals surface area contributed by atoms with Gasteiger partial charge in [-0.25, -0.2) is 0 Å². The van der Waals surface area contributed by atoms with Crippen molar-refractivity contribution in [1.82, 2.24) is 4.98 Å². The van der Waals surface area contributed by atoms with E-state index in [0.717, 1.165) is 42.3 Å². The molecule has 0 saturated carbocycles. The van der Waals surface area contributed by atoms with E-state index in [1.54, 1.807) is 0 Å². The van der Waals surface area contributed by atoms with Crippen LogP contribution in [0.25, 0.3) is 42.6 Å². The number of rotatable bonds is 9. The summed E-state index contributed by atoms with van der Waals surface area (Å²) >= 11 is 1.83. The number of allylic oxidation sites excluding steroid dienone is 2. The molecular weight excluding hydrogens is 751 g/mol. The number of aliphatic hydroxyl groups is 1. The number of aromatic nitrogens is 1. The molecular formula is C40H46IrNO2S-. The van der Waals surface area contributed by atoms with E-state index in [2.05, 4.69) is 99.6 Å². The van der Waals surface area contributed by atoms with Gasteiger partial charge in [-0.15, -0.1) is 40.5 Å². The maximum absolute atomic E-state index is 11.7. The number of aliphatic hydroxyl groups excluding tert-OH is 1. The van der Waals surface area contributed by atoms with Gasteiger partial charge in [-0.05, 0) is 60.2 Å². The van der Waals surface area contributed by atoms with E-state index in [9.17, 15) is 9.90 Å². The van der Waals surface area contributed by atoms with Gasteiger partial charge >= 0.3 is 0 Å². The molecule has 5 aromatic rings. The first kappa shape index (κ1) is 36.4. The SMILES string of the molecule is CC(C)(C)c1cc(-c2cc(-c3cc4ccccc4s3)ccn2)[c-]c2ccccc12.CCC(CC)C(=O)/C=C(\O)C(CC)CC.[Ir]. The molecule has 0 bridgehead atoms. The standard InChI is InChI=1S/C27H22NS.C13H24O2.Ir/c1-27(2,3)23-15-21(14-18-8-4-6-10-22(18)23)24-16-20(12-13-28-24)26-17-19-9-5-7-11-25(19)29-26;1-5-10(6-2)12(14)9-13(15)11(7-3)8-4;/h4-13,15-17H,1-3H3;9-11,14H,5-8H2,1-4H3;/q-1;;/b;12-9-;. The Hall–Kier alpha value is -3.11. The smallest absolute Gasteiger partial charge is 0.162 e. The molecule has 3 aromatic carbocycles. The summed E-state index contributed by atoms with van der Waals surface area (Å²) in [4.78, 5) is 17.7. The van der Waals surface area contributed by atoms with Crippen LogP contribution in [-0.4, -0.2) is 15.9 Å². The molecule has 1 N–H and O–H groups in total. The molecule has 5 rings (SSSR count). The largest absolute Gasteiger partial charge is 0.512 e. The van der Waals surface area contributed by atoms with Crippen LogP contribution in [-0.2, 0) is 30.3 Å². The Labute approximate surface area is 287 Å². The van der Waals surface area contributed by atoms with E-state index in [1.807, 2.05) is 45.2 Å². The molecule has 0 amide bonds. The third-order valence-corrected chi connectivity index (χ3v) is 9.58. The van der Waals surface area contributed by atoms with Crippen LogP contribution in [0.1, 0.15) is 79.7 Å². The van der Waals surface area contributed by atoms with E-state index in [-0.39, 0.29) is 48.9 Å². The summed E-state index contributed by atoms with van der Waals surface area (Å²) in [5.74, 6) is 0.547. The summed E-state index contributed by atoms with van der Waals surface area (Å²) < 4.78 is 1.31. The van der Waals surface area contributed by atoms with Crippen LogP contribution in [0.4, 0.5) is 0 Å². The number of nitrogens with zero attached hydrogens (tertiary/aromatic N) is 1. The van der Waals surface area contributed by atoms with Gasteiger partial charge in [0.15, 0.2) is 5.78 Å². The van der Waals surface area contributed by atoms with Crippen LogP contribution < -0.4 is 0 Å². The Kier molecular flexibility index (Phi) is 13.3. The fourth-order valence-electron chi connectivity index (χ4n) is 5.62. The van der Waals surface area contributed by atoms with Gasteiger partial charge in [0.1, 0.15) is 0 Å². The van der Waals surface area contributed by atoms with Gasteiger partial charge in [0, 0.05) is 59.5 Å². The number of benzene rings is 3. The first-order valence-corrected chi connectivity index (χ1v) is 16.8. The van der Waals surface area contributed by atoms with E-state index in [4.69, 9.17) is 4.98 Å². The van der Waals surface area contributed by atoms with Gasteiger partial charge in [0.2, 0.25) is 0 Å². The minimum atomic E-state index is 0. The zero-order chi connectivity index (χ0) is 31.9. The van der Waals surface area contributed by atoms with Crippen molar-refractivity contribution in [3.8, 4) is 21.7 Å². The molecule has 0 saturated heterocycles. The molecule has 0 fully saturated rings. The Balaban J connectivity index is 0.000000297. The molecule has 0 aliphatic carbocycles. The zero-order valence-electron chi connectivity index (χ0n) is 27.6. The molecule has 5 heteroatoms. The number of hydrogen-bond acceptors (Lipinski definition) is 4. The maximum atomic E-state index is 11.7. The summed E-state index contributed by atoms with van der Waals surface area (Å²) in [5, 5.41) is 13.5. The van der Waals surface area contributed by atoms with Crippen LogP contribution in [0.15, 0.2) is 90.8 Å². The minimum Gasteiger partial charge on any atom is -0.512 e. The topological polar surface area (TPSA) is 50.2 Å². The maximum Gasteiger partial charge on any atom is 0.162 e. The number of thiophene rings is 1. The number of hydrogen-bond donors (Lipinski definition) is 1. The first-order chi connectivity index (χ1) is 21.1. The first-order valence-electron chi connectivity index (χ1n) is 15.9. The van der Waals surface area contributed by atoms with Crippen LogP contribution in [0, 0.1) is 17.9 Å². The van der Waals surface area contributed by atoms with E-state index >= 15 is 0 Å². The van der Waals surface area contributed by atoms with Gasteiger partial charge in [-0.3, -0.25) is 9.78 Å². The zero-order valence-corrected chi connectivity index (χ0v) is 30.8. The Morgan fingerprint density at radius 1 is 0.889 bits per heavy atom. The summed E-state index contributed by atoms with van der Waals surface area (Å²) in [7, 11) is 0. The van der Waals surface area contributed by atoms with Crippen molar-refractivity contribution in [1.29, 1.82) is 0 Å². The summed E-state index contributed by atoms with van der Waals surface area (Å²) in [6.07, 6.45) is 6.82. The van der Waals surface area contributed by atoms with Gasteiger partial charge in [-0.2, -0.15) is 0 Å². The number of carbonyl (C=O) groups excluding carboxylic acids is 1. The fourth-order valence-corrected chi connectivity index (χ4v) is 6.68. The molecule has 1 radical (unpaired) electrons. The van der Waals surface area contributed by atoms with Crippen molar-refractivity contribution in [3.63, 3.8) is 0 Å². The van der Waals surface area contributed by atoms with Gasteiger partial charge in [-0.1, -0.05) is 102 Å². The average Bonchev–Trinajstić information content (AvgIpc) is 3.46. The van der Waals surface area contributed by atoms with Crippen LogP contribution in [0.5, 0.6) is 0 Å². The minimum absolute atomic E-state index is 0. The van der Waals surface area contributed by atoms with Crippen molar-refractivity contribution in [2.75, 3.05) is 0 Å². The molecule has 0 aliphatic rings. The van der Waals surface area contributed by atoms with Crippen molar-refractivity contribution in [3.05, 3.63) is 102 Å². The molecule has 0 aliphatic heterocycles. The van der Waals surface area contributed by atoms with Gasteiger partial charge < -0.3 is 5.11 Å². The second-order valence-electron chi connectivity index (χ2n) is 12.5. The Bertz CT molecular complexity index is 1710. The predicted octanol–water partition coefficient (Wildman–Crippen LogP) is 11.7. The Morgan fingerprint density at radius 3 is 2.18 bits per heavy atom. The summed E-state index contributed by atoms with van der Waals surface area (Å²) in [6, 6.07) is 29.5. The number of fused-ring (bicyclic) bond motifs is 2. The van der Waals surface area contributed by atoms with Crippen LogP contribution in [0.3, 0.4) is 0 Å². The van der Waals surface area contributed by atoms with Crippen molar-refractivity contribution >= 4 is 38.0 Å². The van der Waals surface area contributed by atoms with E-state index < -0.39 is 0 Å². The quantitative estimate of drug-likeness (QED) is 0.0918. The fraction of sp³-hybridized carbons (Fsp3) is 0.350. The molecule has 2 heterocycles. The molecule has 3 nitrogen and oxygen atoms in total. The average molecular weight is 797 g/mol. The molecule has 0 spiro atoms. The summed E-state index contributed by atoms with van der Waals surface area (Å²) in [6.45, 7) is 14.9. The number of pyridine rings is 1. The van der Waals surface area contributed by atoms with Gasteiger partial charge in [0.25, 0.3) is 0 Å². The van der Waals surface area contributed by atoms with Crippen LogP contribution >= 0.6 is 11.3 Å². The van der Waals surface area contributed by atoms with Crippen molar-refractivity contribution in [2.24, 2.45) is 11.8 Å². The monoisotopic (exact) mass is 797 g/mol. The molecule has 0 unspecified atom stereocenters. The molecule has 2 aromatic heterocycles. The number of carbonyl (C=O) groups is 1. The van der Waals surface area contributed by atoms with Gasteiger partial charge in [0.05, 0.1) is 5.76 Å². The third-order valence-electron chi connectivity index (χ3n) is 8.41. The molecule has 45 heavy (non-hydrogen) atoms. The second kappa shape index (κ2) is 16.5.